The maximum atomic E-state index is 13.3. The molecule has 2 rings (SSSR count). The first kappa shape index (κ1) is 14.9. The second-order valence-corrected chi connectivity index (χ2v) is 6.36. The van der Waals surface area contributed by atoms with Crippen LogP contribution < -0.4 is 5.73 Å². The number of benzene rings is 2. The van der Waals surface area contributed by atoms with Crippen LogP contribution in [0.4, 0.5) is 14.5 Å². The van der Waals surface area contributed by atoms with Crippen molar-refractivity contribution in [3.63, 3.8) is 0 Å². The van der Waals surface area contributed by atoms with Crippen molar-refractivity contribution in [2.24, 2.45) is 0 Å². The third-order valence-corrected chi connectivity index (χ3v) is 4.51. The van der Waals surface area contributed by atoms with E-state index in [0.717, 1.165) is 30.3 Å². The molecular weight excluding hydrogens is 298 g/mol. The van der Waals surface area contributed by atoms with Crippen LogP contribution >= 0.6 is 0 Å². The maximum Gasteiger partial charge on any atom is 0.184 e. The zero-order chi connectivity index (χ0) is 15.6. The minimum absolute atomic E-state index is 0.0206. The summed E-state index contributed by atoms with van der Waals surface area (Å²) in [6.45, 7) is 0. The summed E-state index contributed by atoms with van der Waals surface area (Å²) in [5.74, 6) is -1.88. The Bertz CT molecular complexity index is 843. The molecule has 2 aromatic rings. The lowest BCUT2D eigenvalue weighted by Gasteiger charge is -2.08. The van der Waals surface area contributed by atoms with Crippen LogP contribution in [0.25, 0.3) is 0 Å². The molecule has 0 atom stereocenters. The van der Waals surface area contributed by atoms with Crippen LogP contribution in [0.3, 0.4) is 0 Å². The number of anilines is 1. The number of nitrogens with two attached hydrogens (primary N) is 1. The van der Waals surface area contributed by atoms with E-state index in [-0.39, 0.29) is 21.7 Å². The molecule has 0 bridgehead atoms. The summed E-state index contributed by atoms with van der Waals surface area (Å²) >= 11 is 0. The van der Waals surface area contributed by atoms with Gasteiger partial charge in [-0.15, -0.1) is 0 Å². The molecule has 0 spiro atoms. The van der Waals surface area contributed by atoms with Crippen LogP contribution in [0.1, 0.15) is 11.1 Å². The number of halogens is 2. The highest BCUT2D eigenvalue weighted by Crippen LogP contribution is 2.24. The van der Waals surface area contributed by atoms with Crippen molar-refractivity contribution in [2.75, 3.05) is 5.73 Å². The number of nitrogens with zero attached hydrogens (tertiary/aromatic N) is 1. The number of nitriles is 1. The Hall–Kier alpha value is -2.46. The van der Waals surface area contributed by atoms with Gasteiger partial charge in [0.05, 0.1) is 28.0 Å². The predicted molar refractivity (Wildman–Crippen MR) is 72.8 cm³/mol. The molecule has 2 N–H and O–H groups in total. The van der Waals surface area contributed by atoms with E-state index >= 15 is 0 Å². The molecule has 4 nitrogen and oxygen atoms in total. The molecule has 0 heterocycles. The first-order valence-electron chi connectivity index (χ1n) is 5.79. The smallest absolute Gasteiger partial charge is 0.184 e. The van der Waals surface area contributed by atoms with Crippen molar-refractivity contribution in [1.29, 1.82) is 5.26 Å². The van der Waals surface area contributed by atoms with Gasteiger partial charge in [0, 0.05) is 0 Å². The molecule has 21 heavy (non-hydrogen) atoms. The Labute approximate surface area is 120 Å². The quantitative estimate of drug-likeness (QED) is 0.697. The molecule has 2 aromatic carbocycles. The first-order chi connectivity index (χ1) is 9.81. The van der Waals surface area contributed by atoms with Crippen molar-refractivity contribution in [3.8, 4) is 6.07 Å². The van der Waals surface area contributed by atoms with Gasteiger partial charge in [-0.3, -0.25) is 0 Å². The monoisotopic (exact) mass is 308 g/mol. The summed E-state index contributed by atoms with van der Waals surface area (Å²) in [7, 11) is -3.87. The Morgan fingerprint density at radius 2 is 1.81 bits per heavy atom. The van der Waals surface area contributed by atoms with Crippen molar-refractivity contribution in [2.45, 2.75) is 10.6 Å². The SMILES string of the molecule is N#Cc1cc(F)cc(CS(=O)(=O)c2ccc(F)cc2N)c1. The largest absolute Gasteiger partial charge is 0.398 e. The number of sulfone groups is 1. The fourth-order valence-corrected chi connectivity index (χ4v) is 3.35. The molecule has 0 aliphatic carbocycles. The molecule has 0 aliphatic heterocycles. The van der Waals surface area contributed by atoms with Gasteiger partial charge in [0.15, 0.2) is 9.84 Å². The Kier molecular flexibility index (Phi) is 3.91. The van der Waals surface area contributed by atoms with Gasteiger partial charge in [-0.2, -0.15) is 5.26 Å². The summed E-state index contributed by atoms with van der Waals surface area (Å²) in [5, 5.41) is 8.75. The van der Waals surface area contributed by atoms with Gasteiger partial charge in [-0.1, -0.05) is 0 Å². The molecule has 0 radical (unpaired) electrons. The van der Waals surface area contributed by atoms with Crippen molar-refractivity contribution in [1.82, 2.24) is 0 Å². The van der Waals surface area contributed by atoms with Gasteiger partial charge in [-0.25, -0.2) is 17.2 Å². The highest BCUT2D eigenvalue weighted by molar-refractivity contribution is 7.90. The topological polar surface area (TPSA) is 84.0 Å². The summed E-state index contributed by atoms with van der Waals surface area (Å²) in [4.78, 5) is -0.230. The fraction of sp³-hybridized carbons (Fsp3) is 0.0714. The van der Waals surface area contributed by atoms with Crippen LogP contribution in [0, 0.1) is 23.0 Å². The van der Waals surface area contributed by atoms with E-state index in [0.29, 0.717) is 0 Å². The lowest BCUT2D eigenvalue weighted by Crippen LogP contribution is -2.08. The molecule has 0 fully saturated rings. The second-order valence-electron chi connectivity index (χ2n) is 4.40. The lowest BCUT2D eigenvalue weighted by molar-refractivity contribution is 0.594. The first-order valence-corrected chi connectivity index (χ1v) is 7.44. The molecule has 0 aliphatic rings. The zero-order valence-corrected chi connectivity index (χ0v) is 11.5. The van der Waals surface area contributed by atoms with Crippen LogP contribution in [0.5, 0.6) is 0 Å². The Morgan fingerprint density at radius 1 is 1.10 bits per heavy atom. The number of nitrogen functional groups attached to an aromatic ring is 1. The standard InChI is InChI=1S/C14H10F2N2O2S/c15-11-1-2-14(13(18)6-11)21(19,20)8-10-3-9(7-17)4-12(16)5-10/h1-6H,8,18H2. The fourth-order valence-electron chi connectivity index (χ4n) is 1.90. The molecule has 0 saturated carbocycles. The van der Waals surface area contributed by atoms with Crippen LogP contribution in [-0.2, 0) is 15.6 Å². The maximum absolute atomic E-state index is 13.3. The Balaban J connectivity index is 2.42. The highest BCUT2D eigenvalue weighted by Gasteiger charge is 2.19. The minimum Gasteiger partial charge on any atom is -0.398 e. The average molecular weight is 308 g/mol. The van der Waals surface area contributed by atoms with Gasteiger partial charge in [-0.05, 0) is 42.0 Å². The van der Waals surface area contributed by atoms with E-state index in [1.165, 1.54) is 6.07 Å². The lowest BCUT2D eigenvalue weighted by atomic mass is 10.1. The molecule has 0 amide bonds. The van der Waals surface area contributed by atoms with Crippen LogP contribution in [0.15, 0.2) is 41.3 Å². The molecular formula is C14H10F2N2O2S. The predicted octanol–water partition coefficient (Wildman–Crippen LogP) is 2.39. The molecule has 108 valence electrons. The van der Waals surface area contributed by atoms with Crippen molar-refractivity contribution in [3.05, 3.63) is 59.2 Å². The Morgan fingerprint density at radius 3 is 2.43 bits per heavy atom. The van der Waals surface area contributed by atoms with Crippen LogP contribution in [-0.4, -0.2) is 8.42 Å². The summed E-state index contributed by atoms with van der Waals surface area (Å²) < 4.78 is 50.7. The van der Waals surface area contributed by atoms with E-state index in [2.05, 4.69) is 0 Å². The molecule has 0 saturated heterocycles. The summed E-state index contributed by atoms with van der Waals surface area (Å²) in [5.41, 5.74) is 5.43. The van der Waals surface area contributed by atoms with E-state index in [4.69, 9.17) is 11.0 Å². The number of hydrogen-bond donors (Lipinski definition) is 1. The zero-order valence-electron chi connectivity index (χ0n) is 10.7. The van der Waals surface area contributed by atoms with Crippen LogP contribution in [0.2, 0.25) is 0 Å². The third-order valence-electron chi connectivity index (χ3n) is 2.75. The summed E-state index contributed by atoms with van der Waals surface area (Å²) in [6, 6.07) is 7.99. The van der Waals surface area contributed by atoms with Gasteiger partial charge < -0.3 is 5.73 Å². The van der Waals surface area contributed by atoms with Gasteiger partial charge in [0.1, 0.15) is 11.6 Å². The van der Waals surface area contributed by atoms with E-state index in [1.54, 1.807) is 6.07 Å². The second kappa shape index (κ2) is 5.50. The van der Waals surface area contributed by atoms with Gasteiger partial charge >= 0.3 is 0 Å². The molecule has 0 aromatic heterocycles. The van der Waals surface area contributed by atoms with E-state index in [9.17, 15) is 17.2 Å². The number of rotatable bonds is 3. The minimum atomic E-state index is -3.87. The average Bonchev–Trinajstić information content (AvgIpc) is 2.36. The van der Waals surface area contributed by atoms with Crippen molar-refractivity contribution >= 4 is 15.5 Å². The van der Waals surface area contributed by atoms with Gasteiger partial charge in [0.2, 0.25) is 0 Å². The van der Waals surface area contributed by atoms with E-state index in [1.807, 2.05) is 0 Å². The third kappa shape index (κ3) is 3.35. The van der Waals surface area contributed by atoms with Crippen molar-refractivity contribution < 1.29 is 17.2 Å². The normalized spacial score (nSPS) is 11.1. The number of hydrogen-bond acceptors (Lipinski definition) is 4. The highest BCUT2D eigenvalue weighted by atomic mass is 32.2. The summed E-state index contributed by atoms with van der Waals surface area (Å²) in [6.07, 6.45) is 0. The van der Waals surface area contributed by atoms with E-state index < -0.39 is 27.2 Å². The molecule has 0 unspecified atom stereocenters. The molecule has 7 heteroatoms. The van der Waals surface area contributed by atoms with Gasteiger partial charge in [0.25, 0.3) is 0 Å².